The Morgan fingerprint density at radius 2 is 2.16 bits per heavy atom. The van der Waals surface area contributed by atoms with Crippen LogP contribution in [-0.4, -0.2) is 14.7 Å². The van der Waals surface area contributed by atoms with Crippen molar-refractivity contribution in [3.8, 4) is 0 Å². The summed E-state index contributed by atoms with van der Waals surface area (Å²) in [6.45, 7) is 1.75. The van der Waals surface area contributed by atoms with Crippen molar-refractivity contribution in [1.82, 2.24) is 9.78 Å². The van der Waals surface area contributed by atoms with Gasteiger partial charge in [0.15, 0.2) is 0 Å². The van der Waals surface area contributed by atoms with Crippen LogP contribution >= 0.6 is 11.6 Å². The van der Waals surface area contributed by atoms with Crippen molar-refractivity contribution in [3.63, 3.8) is 0 Å². The molecule has 0 aliphatic carbocycles. The number of anilines is 2. The van der Waals surface area contributed by atoms with E-state index in [0.717, 1.165) is 6.07 Å². The van der Waals surface area contributed by atoms with Gasteiger partial charge in [-0.15, -0.1) is 0 Å². The number of aryl methyl sites for hydroxylation is 2. The lowest BCUT2D eigenvalue weighted by molar-refractivity contribution is -0.384. The summed E-state index contributed by atoms with van der Waals surface area (Å²) in [7, 11) is 1.73. The third-order valence-electron chi connectivity index (χ3n) is 2.52. The maximum Gasteiger partial charge on any atom is 0.295 e. The third kappa shape index (κ3) is 2.65. The molecule has 0 aliphatic rings. The Labute approximate surface area is 112 Å². The second-order valence-electron chi connectivity index (χ2n) is 3.97. The van der Waals surface area contributed by atoms with Crippen molar-refractivity contribution in [3.05, 3.63) is 45.0 Å². The van der Waals surface area contributed by atoms with Gasteiger partial charge >= 0.3 is 0 Å². The Kier molecular flexibility index (Phi) is 3.39. The van der Waals surface area contributed by atoms with Crippen LogP contribution in [-0.2, 0) is 7.05 Å². The Morgan fingerprint density at radius 1 is 1.47 bits per heavy atom. The summed E-state index contributed by atoms with van der Waals surface area (Å²) in [6.07, 6.45) is 1.66. The van der Waals surface area contributed by atoms with Crippen molar-refractivity contribution >= 4 is 28.7 Å². The zero-order chi connectivity index (χ0) is 14.2. The molecule has 0 saturated carbocycles. The van der Waals surface area contributed by atoms with Crippen LogP contribution in [0.4, 0.5) is 21.5 Å². The summed E-state index contributed by atoms with van der Waals surface area (Å²) in [5.74, 6) is -0.832. The molecule has 0 aliphatic heterocycles. The molecule has 2 rings (SSSR count). The Balaban J connectivity index is 2.47. The molecule has 6 nitrogen and oxygen atoms in total. The van der Waals surface area contributed by atoms with Gasteiger partial charge in [-0.05, 0) is 13.0 Å². The van der Waals surface area contributed by atoms with Crippen molar-refractivity contribution in [2.75, 3.05) is 5.32 Å². The molecular weight excluding hydrogens is 275 g/mol. The van der Waals surface area contributed by atoms with E-state index in [1.165, 1.54) is 6.07 Å². The number of nitro groups is 1. The fraction of sp³-hybridized carbons (Fsp3) is 0.182. The number of hydrogen-bond donors (Lipinski definition) is 1. The van der Waals surface area contributed by atoms with Crippen LogP contribution < -0.4 is 5.32 Å². The smallest absolute Gasteiger partial charge is 0.295 e. The number of aromatic nitrogens is 2. The Bertz CT molecular complexity index is 656. The number of nitro benzene ring substituents is 1. The Hall–Kier alpha value is -2.15. The molecule has 0 atom stereocenters. The maximum absolute atomic E-state index is 13.3. The average Bonchev–Trinajstić information content (AvgIpc) is 2.62. The molecule has 0 radical (unpaired) electrons. The molecule has 100 valence electrons. The molecule has 1 aromatic heterocycles. The minimum Gasteiger partial charge on any atom is -0.347 e. The standard InChI is InChI=1S/C11H10ClFN4O2/c1-6-10(5-16(2)15-6)14-9-3-7(12)8(13)4-11(9)17(18)19/h3-5,14H,1-2H3. The molecule has 0 bridgehead atoms. The zero-order valence-electron chi connectivity index (χ0n) is 10.1. The number of halogens is 2. The van der Waals surface area contributed by atoms with Crippen LogP contribution in [0.3, 0.4) is 0 Å². The van der Waals surface area contributed by atoms with E-state index in [2.05, 4.69) is 10.4 Å². The normalized spacial score (nSPS) is 10.5. The summed E-state index contributed by atoms with van der Waals surface area (Å²) in [6, 6.07) is 1.97. The predicted octanol–water partition coefficient (Wildman–Crippen LogP) is 3.17. The van der Waals surface area contributed by atoms with Crippen molar-refractivity contribution in [2.45, 2.75) is 6.92 Å². The van der Waals surface area contributed by atoms with Gasteiger partial charge in [0.05, 0.1) is 27.4 Å². The first-order chi connectivity index (χ1) is 8.88. The molecule has 2 aromatic rings. The monoisotopic (exact) mass is 284 g/mol. The zero-order valence-corrected chi connectivity index (χ0v) is 10.9. The number of rotatable bonds is 3. The van der Waals surface area contributed by atoms with Crippen molar-refractivity contribution in [1.29, 1.82) is 0 Å². The van der Waals surface area contributed by atoms with Gasteiger partial charge < -0.3 is 5.32 Å². The highest BCUT2D eigenvalue weighted by molar-refractivity contribution is 6.31. The van der Waals surface area contributed by atoms with Gasteiger partial charge in [0.25, 0.3) is 5.69 Å². The largest absolute Gasteiger partial charge is 0.347 e. The molecule has 0 fully saturated rings. The summed E-state index contributed by atoms with van der Waals surface area (Å²) >= 11 is 5.64. The molecule has 8 heteroatoms. The fourth-order valence-electron chi connectivity index (χ4n) is 1.65. The van der Waals surface area contributed by atoms with E-state index in [4.69, 9.17) is 11.6 Å². The van der Waals surface area contributed by atoms with Crippen molar-refractivity contribution < 1.29 is 9.31 Å². The lowest BCUT2D eigenvalue weighted by atomic mass is 10.2. The second kappa shape index (κ2) is 4.85. The molecule has 0 spiro atoms. The van der Waals surface area contributed by atoms with Crippen LogP contribution in [0.2, 0.25) is 5.02 Å². The van der Waals surface area contributed by atoms with Gasteiger partial charge in [0, 0.05) is 13.2 Å². The van der Waals surface area contributed by atoms with Crippen molar-refractivity contribution in [2.24, 2.45) is 7.05 Å². The first kappa shape index (κ1) is 13.3. The van der Waals surface area contributed by atoms with Gasteiger partial charge in [-0.3, -0.25) is 14.8 Å². The van der Waals surface area contributed by atoms with E-state index < -0.39 is 10.7 Å². The predicted molar refractivity (Wildman–Crippen MR) is 69.3 cm³/mol. The van der Waals surface area contributed by atoms with Crippen LogP contribution in [0.25, 0.3) is 0 Å². The summed E-state index contributed by atoms with van der Waals surface area (Å²) in [5.41, 5.74) is 0.989. The molecule has 1 heterocycles. The molecule has 1 N–H and O–H groups in total. The molecule has 19 heavy (non-hydrogen) atoms. The maximum atomic E-state index is 13.3. The lowest BCUT2D eigenvalue weighted by Crippen LogP contribution is -1.98. The first-order valence-corrected chi connectivity index (χ1v) is 5.67. The Morgan fingerprint density at radius 3 is 2.68 bits per heavy atom. The minimum atomic E-state index is -0.832. The van der Waals surface area contributed by atoms with Gasteiger partial charge in [-0.25, -0.2) is 4.39 Å². The minimum absolute atomic E-state index is 0.118. The van der Waals surface area contributed by atoms with Crippen LogP contribution in [0, 0.1) is 22.9 Å². The van der Waals surface area contributed by atoms with E-state index in [9.17, 15) is 14.5 Å². The van der Waals surface area contributed by atoms with Crippen LogP contribution in [0.1, 0.15) is 5.69 Å². The third-order valence-corrected chi connectivity index (χ3v) is 2.81. The summed E-state index contributed by atoms with van der Waals surface area (Å²) in [5, 5.41) is 17.6. The SMILES string of the molecule is Cc1nn(C)cc1Nc1cc(Cl)c(F)cc1[N+](=O)[O-]. The van der Waals surface area contributed by atoms with Gasteiger partial charge in [0.1, 0.15) is 11.5 Å². The van der Waals surface area contributed by atoms with Crippen LogP contribution in [0.15, 0.2) is 18.3 Å². The second-order valence-corrected chi connectivity index (χ2v) is 4.37. The number of nitrogens with zero attached hydrogens (tertiary/aromatic N) is 3. The molecule has 1 aromatic carbocycles. The van der Waals surface area contributed by atoms with E-state index in [0.29, 0.717) is 11.4 Å². The fourth-order valence-corrected chi connectivity index (χ4v) is 1.82. The molecular formula is C11H10ClFN4O2. The number of benzene rings is 1. The highest BCUT2D eigenvalue weighted by Gasteiger charge is 2.19. The molecule has 0 amide bonds. The molecule has 0 unspecified atom stereocenters. The topological polar surface area (TPSA) is 73.0 Å². The quantitative estimate of drug-likeness (QED) is 0.694. The van der Waals surface area contributed by atoms with Gasteiger partial charge in [-0.1, -0.05) is 11.6 Å². The number of hydrogen-bond acceptors (Lipinski definition) is 4. The highest BCUT2D eigenvalue weighted by atomic mass is 35.5. The highest BCUT2D eigenvalue weighted by Crippen LogP contribution is 2.33. The van der Waals surface area contributed by atoms with Crippen LogP contribution in [0.5, 0.6) is 0 Å². The number of nitrogens with one attached hydrogen (secondary N) is 1. The lowest BCUT2D eigenvalue weighted by Gasteiger charge is -2.06. The summed E-state index contributed by atoms with van der Waals surface area (Å²) < 4.78 is 14.8. The first-order valence-electron chi connectivity index (χ1n) is 5.29. The van der Waals surface area contributed by atoms with Gasteiger partial charge in [-0.2, -0.15) is 5.10 Å². The van der Waals surface area contributed by atoms with E-state index >= 15 is 0 Å². The molecule has 0 saturated heterocycles. The van der Waals surface area contributed by atoms with E-state index in [1.807, 2.05) is 0 Å². The average molecular weight is 285 g/mol. The summed E-state index contributed by atoms with van der Waals surface area (Å²) in [4.78, 5) is 10.2. The van der Waals surface area contributed by atoms with Gasteiger partial charge in [0.2, 0.25) is 0 Å². The van der Waals surface area contributed by atoms with E-state index in [-0.39, 0.29) is 16.4 Å². The van der Waals surface area contributed by atoms with E-state index in [1.54, 1.807) is 24.9 Å².